The molecule has 0 saturated carbocycles. The Kier molecular flexibility index (Phi) is 6.83. The molecule has 0 bridgehead atoms. The topological polar surface area (TPSA) is 120 Å². The third-order valence-corrected chi connectivity index (χ3v) is 6.33. The Morgan fingerprint density at radius 3 is 2.30 bits per heavy atom. The predicted molar refractivity (Wildman–Crippen MR) is 122 cm³/mol. The molecule has 0 atom stereocenters. The second-order valence-electron chi connectivity index (χ2n) is 6.97. The van der Waals surface area contributed by atoms with Crippen LogP contribution in [0.5, 0.6) is 0 Å². The lowest BCUT2D eigenvalue weighted by atomic mass is 10.2. The predicted octanol–water partition coefficient (Wildman–Crippen LogP) is 1.65. The Bertz CT molecular complexity index is 1300. The fourth-order valence-corrected chi connectivity index (χ4v) is 4.33. The van der Waals surface area contributed by atoms with Crippen molar-refractivity contribution in [3.05, 3.63) is 65.5 Å². The molecule has 0 fully saturated rings. The average molecular weight is 465 g/mol. The summed E-state index contributed by atoms with van der Waals surface area (Å²) in [4.78, 5) is 28.4. The molecule has 1 aliphatic rings. The highest BCUT2D eigenvalue weighted by Gasteiger charge is 2.31. The lowest BCUT2D eigenvalue weighted by molar-refractivity contribution is -0.118. The van der Waals surface area contributed by atoms with Gasteiger partial charge in [0.25, 0.3) is 0 Å². The van der Waals surface area contributed by atoms with E-state index in [0.29, 0.717) is 5.82 Å². The van der Waals surface area contributed by atoms with Crippen molar-refractivity contribution >= 4 is 33.2 Å². The number of Topliss-reactive ketones (excluding diaryl/α,β-unsaturated/α-hetero) is 1. The van der Waals surface area contributed by atoms with Crippen LogP contribution in [0.15, 0.2) is 64.8 Å². The summed E-state index contributed by atoms with van der Waals surface area (Å²) in [5.74, 6) is 0.931. The van der Waals surface area contributed by atoms with Crippen LogP contribution in [0, 0.1) is 23.7 Å². The zero-order valence-electron chi connectivity index (χ0n) is 17.9. The molecule has 10 heteroatoms. The highest BCUT2D eigenvalue weighted by molar-refractivity contribution is 7.89. The number of hydrogen-bond acceptors (Lipinski definition) is 8. The lowest BCUT2D eigenvalue weighted by Gasteiger charge is -2.19. The molecule has 2 aromatic rings. The molecule has 9 nitrogen and oxygen atoms in total. The van der Waals surface area contributed by atoms with E-state index in [-0.39, 0.29) is 22.6 Å². The number of fused-ring (bicyclic) bond motifs is 1. The number of anilines is 2. The smallest absolute Gasteiger partial charge is 0.338 e. The summed E-state index contributed by atoms with van der Waals surface area (Å²) < 4.78 is 31.7. The first-order chi connectivity index (χ1) is 15.7. The van der Waals surface area contributed by atoms with Gasteiger partial charge in [-0.2, -0.15) is 9.98 Å². The van der Waals surface area contributed by atoms with E-state index >= 15 is 0 Å². The first-order valence-electron chi connectivity index (χ1n) is 9.65. The molecule has 0 aliphatic carbocycles. The van der Waals surface area contributed by atoms with E-state index in [2.05, 4.69) is 10.6 Å². The molecule has 168 valence electrons. The number of benzene rings is 2. The van der Waals surface area contributed by atoms with Gasteiger partial charge < -0.3 is 14.5 Å². The van der Waals surface area contributed by atoms with Gasteiger partial charge in [0, 0.05) is 14.1 Å². The Morgan fingerprint density at radius 2 is 1.73 bits per heavy atom. The SMILES string of the molecule is C#CCNS(=O)(=O)c1cccc(C(=O)OCC(=O)C(C#N)=C2N(C)c3ccccc3N2C)c1. The van der Waals surface area contributed by atoms with Crippen molar-refractivity contribution in [2.24, 2.45) is 0 Å². The van der Waals surface area contributed by atoms with Gasteiger partial charge in [0.15, 0.2) is 6.61 Å². The number of sulfonamides is 1. The minimum Gasteiger partial charge on any atom is -0.454 e. The monoisotopic (exact) mass is 464 g/mol. The van der Waals surface area contributed by atoms with Gasteiger partial charge in [-0.15, -0.1) is 6.42 Å². The fourth-order valence-electron chi connectivity index (χ4n) is 3.35. The van der Waals surface area contributed by atoms with Crippen LogP contribution < -0.4 is 14.5 Å². The van der Waals surface area contributed by atoms with E-state index in [0.717, 1.165) is 17.4 Å². The van der Waals surface area contributed by atoms with Crippen LogP contribution in [0.1, 0.15) is 10.4 Å². The van der Waals surface area contributed by atoms with Crippen molar-refractivity contribution in [2.45, 2.75) is 4.90 Å². The van der Waals surface area contributed by atoms with Crippen LogP contribution in [-0.2, 0) is 19.6 Å². The van der Waals surface area contributed by atoms with E-state index < -0.39 is 28.4 Å². The largest absolute Gasteiger partial charge is 0.454 e. The minimum atomic E-state index is -3.91. The number of rotatable bonds is 7. The van der Waals surface area contributed by atoms with Crippen molar-refractivity contribution in [3.63, 3.8) is 0 Å². The van der Waals surface area contributed by atoms with Gasteiger partial charge in [-0.25, -0.2) is 13.2 Å². The average Bonchev–Trinajstić information content (AvgIpc) is 3.07. The normalized spacial score (nSPS) is 12.5. The second-order valence-corrected chi connectivity index (χ2v) is 8.74. The first kappa shape index (κ1) is 23.5. The molecule has 1 N–H and O–H groups in total. The number of para-hydroxylation sites is 2. The number of esters is 1. The van der Waals surface area contributed by atoms with Crippen LogP contribution >= 0.6 is 0 Å². The first-order valence-corrected chi connectivity index (χ1v) is 11.1. The van der Waals surface area contributed by atoms with Crippen molar-refractivity contribution < 1.29 is 22.7 Å². The van der Waals surface area contributed by atoms with E-state index in [4.69, 9.17) is 11.2 Å². The highest BCUT2D eigenvalue weighted by atomic mass is 32.2. The lowest BCUT2D eigenvalue weighted by Crippen LogP contribution is -2.28. The third kappa shape index (κ3) is 4.72. The van der Waals surface area contributed by atoms with Crippen molar-refractivity contribution in [2.75, 3.05) is 37.0 Å². The Hall–Kier alpha value is -4.12. The molecular weight excluding hydrogens is 444 g/mol. The summed E-state index contributed by atoms with van der Waals surface area (Å²) in [6.07, 6.45) is 5.07. The van der Waals surface area contributed by atoms with Gasteiger partial charge in [0.1, 0.15) is 17.5 Å². The van der Waals surface area contributed by atoms with Crippen molar-refractivity contribution in [3.8, 4) is 18.4 Å². The number of nitrogens with one attached hydrogen (secondary N) is 1. The molecule has 1 heterocycles. The number of hydrogen-bond donors (Lipinski definition) is 1. The Balaban J connectivity index is 1.77. The zero-order chi connectivity index (χ0) is 24.2. The van der Waals surface area contributed by atoms with Gasteiger partial charge >= 0.3 is 5.97 Å². The maximum atomic E-state index is 12.7. The number of nitrogens with zero attached hydrogens (tertiary/aromatic N) is 3. The molecule has 0 radical (unpaired) electrons. The Labute approximate surface area is 191 Å². The van der Waals surface area contributed by atoms with Crippen LogP contribution in [0.25, 0.3) is 0 Å². The van der Waals surface area contributed by atoms with Crippen LogP contribution in [0.3, 0.4) is 0 Å². The standard InChI is InChI=1S/C23H20N4O5S/c1-4-12-25-33(30,31)17-9-7-8-16(13-17)23(29)32-15-21(28)18(14-24)22-26(2)19-10-5-6-11-20(19)27(22)3/h1,5-11,13,25H,12,15H2,2-3H3. The minimum absolute atomic E-state index is 0.0694. The summed E-state index contributed by atoms with van der Waals surface area (Å²) in [5.41, 5.74) is 1.41. The summed E-state index contributed by atoms with van der Waals surface area (Å²) >= 11 is 0. The molecule has 0 saturated heterocycles. The molecular formula is C23H20N4O5S. The summed E-state index contributed by atoms with van der Waals surface area (Å²) in [5, 5.41) is 9.64. The van der Waals surface area contributed by atoms with Gasteiger partial charge in [-0.1, -0.05) is 24.1 Å². The third-order valence-electron chi connectivity index (χ3n) is 4.93. The quantitative estimate of drug-likeness (QED) is 0.284. The Morgan fingerprint density at radius 1 is 1.09 bits per heavy atom. The fraction of sp³-hybridized carbons (Fsp3) is 0.174. The van der Waals surface area contributed by atoms with Crippen LogP contribution in [0.4, 0.5) is 11.4 Å². The van der Waals surface area contributed by atoms with Gasteiger partial charge in [0.05, 0.1) is 28.4 Å². The van der Waals surface area contributed by atoms with Crippen LogP contribution in [-0.4, -0.2) is 47.4 Å². The number of nitriles is 1. The molecule has 1 aliphatic heterocycles. The van der Waals surface area contributed by atoms with E-state index in [1.54, 1.807) is 23.9 Å². The summed E-state index contributed by atoms with van der Waals surface area (Å²) in [7, 11) is -0.444. The van der Waals surface area contributed by atoms with Gasteiger partial charge in [-0.3, -0.25) is 4.79 Å². The second kappa shape index (κ2) is 9.57. The molecule has 33 heavy (non-hydrogen) atoms. The van der Waals surface area contributed by atoms with Crippen molar-refractivity contribution in [1.29, 1.82) is 5.26 Å². The van der Waals surface area contributed by atoms with Gasteiger partial charge in [-0.05, 0) is 30.3 Å². The summed E-state index contributed by atoms with van der Waals surface area (Å²) in [6.45, 7) is -0.889. The van der Waals surface area contributed by atoms with Crippen molar-refractivity contribution in [1.82, 2.24) is 4.72 Å². The maximum absolute atomic E-state index is 12.7. The number of terminal acetylenes is 1. The molecule has 3 rings (SSSR count). The van der Waals surface area contributed by atoms with E-state index in [9.17, 15) is 23.3 Å². The number of carbonyl (C=O) groups excluding carboxylic acids is 2. The number of ether oxygens (including phenoxy) is 1. The van der Waals surface area contributed by atoms with E-state index in [1.165, 1.54) is 18.2 Å². The summed E-state index contributed by atoms with van der Waals surface area (Å²) in [6, 6.07) is 14.4. The number of ketones is 1. The van der Waals surface area contributed by atoms with Crippen LogP contribution in [0.2, 0.25) is 0 Å². The molecule has 0 spiro atoms. The number of carbonyl (C=O) groups is 2. The molecule has 0 amide bonds. The maximum Gasteiger partial charge on any atom is 0.338 e. The van der Waals surface area contributed by atoms with Gasteiger partial charge in [0.2, 0.25) is 15.8 Å². The molecule has 2 aromatic carbocycles. The zero-order valence-corrected chi connectivity index (χ0v) is 18.7. The molecule has 0 aromatic heterocycles. The molecule has 0 unspecified atom stereocenters. The highest BCUT2D eigenvalue weighted by Crippen LogP contribution is 2.40. The van der Waals surface area contributed by atoms with E-state index in [1.807, 2.05) is 30.3 Å².